The lowest BCUT2D eigenvalue weighted by molar-refractivity contribution is -0.139. The van der Waals surface area contributed by atoms with Crippen molar-refractivity contribution in [1.82, 2.24) is 15.0 Å². The van der Waals surface area contributed by atoms with E-state index in [0.717, 1.165) is 63.7 Å². The predicted molar refractivity (Wildman–Crippen MR) is 138 cm³/mol. The van der Waals surface area contributed by atoms with E-state index in [9.17, 15) is 23.1 Å². The van der Waals surface area contributed by atoms with E-state index in [1.165, 1.54) is 0 Å². The van der Waals surface area contributed by atoms with Gasteiger partial charge in [-0.2, -0.15) is 0 Å². The smallest absolute Gasteiger partial charge is 0.321 e. The molecule has 0 radical (unpaired) electrons. The Kier molecular flexibility index (Phi) is 11.7. The molecule has 0 bridgehead atoms. The Bertz CT molecular complexity index is 902. The summed E-state index contributed by atoms with van der Waals surface area (Å²) in [5, 5.41) is 12.7. The van der Waals surface area contributed by atoms with Crippen molar-refractivity contribution in [1.29, 1.82) is 0 Å². The number of pyridine rings is 1. The number of hydrogen-bond acceptors (Lipinski definition) is 6. The molecule has 9 nitrogen and oxygen atoms in total. The van der Waals surface area contributed by atoms with E-state index in [1.54, 1.807) is 12.4 Å². The number of rotatable bonds is 11. The van der Waals surface area contributed by atoms with Gasteiger partial charge in [-0.3, -0.25) is 14.6 Å². The quantitative estimate of drug-likeness (QED) is 0.401. The maximum atomic E-state index is 12.8. The summed E-state index contributed by atoms with van der Waals surface area (Å²) in [6.07, 6.45) is 9.89. The zero-order valence-electron chi connectivity index (χ0n) is 20.4. The van der Waals surface area contributed by atoms with Gasteiger partial charge >= 0.3 is 5.97 Å². The summed E-state index contributed by atoms with van der Waals surface area (Å²) >= 11 is 0. The van der Waals surface area contributed by atoms with Crippen LogP contribution in [0.4, 0.5) is 5.69 Å². The van der Waals surface area contributed by atoms with Crippen LogP contribution in [-0.2, 0) is 19.6 Å². The Hall–Kier alpha value is -1.91. The van der Waals surface area contributed by atoms with Crippen LogP contribution in [0.15, 0.2) is 24.5 Å². The first-order valence-corrected chi connectivity index (χ1v) is 14.1. The van der Waals surface area contributed by atoms with E-state index in [0.29, 0.717) is 6.42 Å². The van der Waals surface area contributed by atoms with Crippen molar-refractivity contribution in [2.45, 2.75) is 76.8 Å². The van der Waals surface area contributed by atoms with Gasteiger partial charge in [-0.15, -0.1) is 12.4 Å². The average Bonchev–Trinajstić information content (AvgIpc) is 2.84. The molecule has 1 aromatic rings. The van der Waals surface area contributed by atoms with Crippen LogP contribution in [0.3, 0.4) is 0 Å². The molecule has 2 heterocycles. The molecule has 1 aromatic heterocycles. The number of carboxylic acid groups (broad SMARTS) is 1. The molecule has 3 N–H and O–H groups in total. The first-order valence-electron chi connectivity index (χ1n) is 12.5. The molecule has 1 atom stereocenters. The van der Waals surface area contributed by atoms with Crippen molar-refractivity contribution in [3.63, 3.8) is 0 Å². The molecule has 0 aromatic carbocycles. The lowest BCUT2D eigenvalue weighted by Crippen LogP contribution is -2.46. The van der Waals surface area contributed by atoms with Gasteiger partial charge in [0.05, 0.1) is 5.75 Å². The third kappa shape index (κ3) is 9.24. The van der Waals surface area contributed by atoms with E-state index >= 15 is 0 Å². The monoisotopic (exact) mass is 530 g/mol. The topological polar surface area (TPSA) is 129 Å². The minimum atomic E-state index is -3.59. The lowest BCUT2D eigenvalue weighted by Gasteiger charge is -2.35. The van der Waals surface area contributed by atoms with Gasteiger partial charge in [0.2, 0.25) is 15.9 Å². The highest BCUT2D eigenvalue weighted by Crippen LogP contribution is 2.29. The Labute approximate surface area is 214 Å². The molecular weight excluding hydrogens is 492 g/mol. The van der Waals surface area contributed by atoms with Crippen LogP contribution in [0.5, 0.6) is 0 Å². The number of sulfonamides is 1. The van der Waals surface area contributed by atoms with Gasteiger partial charge in [-0.25, -0.2) is 13.1 Å². The van der Waals surface area contributed by atoms with Gasteiger partial charge in [0, 0.05) is 43.1 Å². The molecule has 1 aliphatic carbocycles. The second kappa shape index (κ2) is 14.0. The zero-order chi connectivity index (χ0) is 24.6. The second-order valence-corrected chi connectivity index (χ2v) is 11.5. The third-order valence-corrected chi connectivity index (χ3v) is 8.51. The van der Waals surface area contributed by atoms with Crippen LogP contribution in [0.25, 0.3) is 0 Å². The van der Waals surface area contributed by atoms with Crippen molar-refractivity contribution >= 4 is 40.0 Å². The molecule has 1 amide bonds. The summed E-state index contributed by atoms with van der Waals surface area (Å²) in [5.41, 5.74) is 1.14. The number of piperidine rings is 1. The number of anilines is 1. The Morgan fingerprint density at radius 2 is 1.74 bits per heavy atom. The molecule has 2 fully saturated rings. The second-order valence-electron chi connectivity index (χ2n) is 9.61. The van der Waals surface area contributed by atoms with Crippen LogP contribution in [0.2, 0.25) is 0 Å². The number of carbonyl (C=O) groups is 2. The fraction of sp³-hybridized carbons (Fsp3) is 0.708. The van der Waals surface area contributed by atoms with Gasteiger partial charge in [0.25, 0.3) is 0 Å². The van der Waals surface area contributed by atoms with Gasteiger partial charge in [-0.1, -0.05) is 13.3 Å². The van der Waals surface area contributed by atoms with Crippen molar-refractivity contribution in [2.75, 3.05) is 23.7 Å². The number of aromatic nitrogens is 1. The van der Waals surface area contributed by atoms with E-state index in [4.69, 9.17) is 0 Å². The number of aliphatic carboxylic acids is 1. The standard InChI is InChI=1S/C24H38N4O5S.ClH/c1-2-3-16-34(32,33)27-22(24(30)31)17-18-4-6-20(7-5-18)26-23(29)19-10-14-28(15-11-19)21-8-12-25-13-9-21;/h8-9,12-13,18-20,22,27H,2-7,10-11,14-17H2,1H3,(H,26,29)(H,30,31);1H. The summed E-state index contributed by atoms with van der Waals surface area (Å²) in [4.78, 5) is 30.8. The maximum absolute atomic E-state index is 12.8. The molecule has 1 saturated heterocycles. The number of carbonyl (C=O) groups excluding carboxylic acids is 1. The molecule has 2 aliphatic rings. The highest BCUT2D eigenvalue weighted by Gasteiger charge is 2.31. The lowest BCUT2D eigenvalue weighted by atomic mass is 9.82. The number of hydrogen-bond donors (Lipinski definition) is 3. The van der Waals surface area contributed by atoms with Gasteiger partial charge in [0.1, 0.15) is 6.04 Å². The number of halogens is 1. The summed E-state index contributed by atoms with van der Waals surface area (Å²) in [6.45, 7) is 3.59. The molecule has 1 saturated carbocycles. The van der Waals surface area contributed by atoms with Crippen molar-refractivity contribution < 1.29 is 23.1 Å². The van der Waals surface area contributed by atoms with Crippen LogP contribution in [0, 0.1) is 11.8 Å². The number of carboxylic acids is 1. The zero-order valence-corrected chi connectivity index (χ0v) is 22.0. The Balaban J connectivity index is 0.00000432. The first kappa shape index (κ1) is 29.3. The molecular formula is C24H39ClN4O5S. The summed E-state index contributed by atoms with van der Waals surface area (Å²) in [6, 6.07) is 2.99. The van der Waals surface area contributed by atoms with Gasteiger partial charge < -0.3 is 15.3 Å². The van der Waals surface area contributed by atoms with Crippen LogP contribution < -0.4 is 14.9 Å². The fourth-order valence-corrected chi connectivity index (χ4v) is 6.38. The van der Waals surface area contributed by atoms with E-state index in [1.807, 2.05) is 19.1 Å². The van der Waals surface area contributed by atoms with Crippen LogP contribution >= 0.6 is 12.4 Å². The number of nitrogens with zero attached hydrogens (tertiary/aromatic N) is 2. The predicted octanol–water partition coefficient (Wildman–Crippen LogP) is 2.96. The van der Waals surface area contributed by atoms with E-state index < -0.39 is 22.0 Å². The first-order chi connectivity index (χ1) is 16.3. The summed E-state index contributed by atoms with van der Waals surface area (Å²) < 4.78 is 26.7. The molecule has 11 heteroatoms. The minimum absolute atomic E-state index is 0. The normalized spacial score (nSPS) is 22.1. The number of unbranched alkanes of at least 4 members (excludes halogenated alkanes) is 1. The molecule has 3 rings (SSSR count). The highest BCUT2D eigenvalue weighted by molar-refractivity contribution is 7.89. The molecule has 1 unspecified atom stereocenters. The number of nitrogens with one attached hydrogen (secondary N) is 2. The summed E-state index contributed by atoms with van der Waals surface area (Å²) in [5.74, 6) is -0.914. The van der Waals surface area contributed by atoms with E-state index in [-0.39, 0.29) is 48.4 Å². The van der Waals surface area contributed by atoms with Crippen molar-refractivity contribution in [2.24, 2.45) is 11.8 Å². The highest BCUT2D eigenvalue weighted by atomic mass is 35.5. The van der Waals surface area contributed by atoms with Crippen LogP contribution in [-0.4, -0.2) is 61.3 Å². The van der Waals surface area contributed by atoms with E-state index in [2.05, 4.69) is 19.9 Å². The molecule has 1 aliphatic heterocycles. The molecule has 0 spiro atoms. The van der Waals surface area contributed by atoms with Gasteiger partial charge in [0.15, 0.2) is 0 Å². The number of amides is 1. The SMILES string of the molecule is CCCCS(=O)(=O)NC(CC1CCC(NC(=O)C2CCN(c3ccncc3)CC2)CC1)C(=O)O.Cl. The Morgan fingerprint density at radius 1 is 1.11 bits per heavy atom. The van der Waals surface area contributed by atoms with Crippen LogP contribution in [0.1, 0.15) is 64.7 Å². The molecule has 35 heavy (non-hydrogen) atoms. The third-order valence-electron chi connectivity index (χ3n) is 7.04. The van der Waals surface area contributed by atoms with Crippen molar-refractivity contribution in [3.05, 3.63) is 24.5 Å². The largest absolute Gasteiger partial charge is 0.480 e. The van der Waals surface area contributed by atoms with Crippen molar-refractivity contribution in [3.8, 4) is 0 Å². The summed E-state index contributed by atoms with van der Waals surface area (Å²) in [7, 11) is -3.59. The Morgan fingerprint density at radius 3 is 2.31 bits per heavy atom. The van der Waals surface area contributed by atoms with Gasteiger partial charge in [-0.05, 0) is 69.4 Å². The maximum Gasteiger partial charge on any atom is 0.321 e. The fourth-order valence-electron chi connectivity index (χ4n) is 4.96. The minimum Gasteiger partial charge on any atom is -0.480 e. The average molecular weight is 531 g/mol. The molecule has 198 valence electrons.